The second-order valence-corrected chi connectivity index (χ2v) is 4.87. The summed E-state index contributed by atoms with van der Waals surface area (Å²) in [5, 5.41) is 12.0. The summed E-state index contributed by atoms with van der Waals surface area (Å²) >= 11 is 0. The Kier molecular flexibility index (Phi) is 2.77. The third-order valence-corrected chi connectivity index (χ3v) is 3.63. The highest BCUT2D eigenvalue weighted by molar-refractivity contribution is 5.79. The fourth-order valence-electron chi connectivity index (χ4n) is 2.58. The van der Waals surface area contributed by atoms with Crippen molar-refractivity contribution in [1.29, 1.82) is 0 Å². The highest BCUT2D eigenvalue weighted by atomic mass is 19.4. The Morgan fingerprint density at radius 2 is 1.52 bits per heavy atom. The van der Waals surface area contributed by atoms with Gasteiger partial charge in [-0.05, 0) is 22.8 Å². The van der Waals surface area contributed by atoms with E-state index in [1.165, 1.54) is 0 Å². The van der Waals surface area contributed by atoms with Gasteiger partial charge in [0.05, 0.1) is 5.56 Å². The molecule has 0 saturated carbocycles. The largest absolute Gasteiger partial charge is 0.458 e. The molecule has 0 heterocycles. The van der Waals surface area contributed by atoms with Crippen LogP contribution in [0.25, 0.3) is 11.1 Å². The Hall–Kier alpha value is -2.11. The second kappa shape index (κ2) is 4.19. The summed E-state index contributed by atoms with van der Waals surface area (Å²) in [5.74, 6) is -6.38. The predicted octanol–water partition coefficient (Wildman–Crippen LogP) is 5.06. The van der Waals surface area contributed by atoms with Gasteiger partial charge in [-0.1, -0.05) is 30.3 Å². The Labute approximate surface area is 116 Å². The monoisotopic (exact) mass is 299 g/mol. The van der Waals surface area contributed by atoms with E-state index >= 15 is 0 Å². The quantitative estimate of drug-likeness (QED) is 0.560. The first-order valence-electron chi connectivity index (χ1n) is 6.09. The maximum absolute atomic E-state index is 13.4. The van der Waals surface area contributed by atoms with Gasteiger partial charge in [-0.2, -0.15) is 22.0 Å². The van der Waals surface area contributed by atoms with Gasteiger partial charge in [0.1, 0.15) is 0 Å². The molecule has 0 N–H and O–H groups in total. The SMILES string of the molecule is [O]c1c(C(F)(F)C(F)(F)F)ccc2c1Cc1ccccc1-2. The standard InChI is InChI=1S/C15H8F5O/c16-14(17,15(18,19)20)12-6-5-10-9-4-2-1-3-8(9)7-11(10)13(12)21/h1-6H,7H2. The molecule has 0 spiro atoms. The van der Waals surface area contributed by atoms with E-state index < -0.39 is 23.4 Å². The molecule has 1 aliphatic carbocycles. The van der Waals surface area contributed by atoms with E-state index in [4.69, 9.17) is 0 Å². The molecule has 1 radical (unpaired) electrons. The molecular weight excluding hydrogens is 291 g/mol. The summed E-state index contributed by atoms with van der Waals surface area (Å²) < 4.78 is 64.1. The lowest BCUT2D eigenvalue weighted by atomic mass is 9.98. The van der Waals surface area contributed by atoms with Crippen LogP contribution >= 0.6 is 0 Å². The van der Waals surface area contributed by atoms with Crippen molar-refractivity contribution in [2.75, 3.05) is 0 Å². The van der Waals surface area contributed by atoms with Crippen LogP contribution in [-0.4, -0.2) is 6.18 Å². The molecule has 0 atom stereocenters. The molecule has 0 amide bonds. The molecule has 2 aromatic carbocycles. The van der Waals surface area contributed by atoms with Crippen LogP contribution in [0, 0.1) is 0 Å². The lowest BCUT2D eigenvalue weighted by Crippen LogP contribution is -2.33. The van der Waals surface area contributed by atoms with Crippen LogP contribution in [0.15, 0.2) is 36.4 Å². The molecule has 21 heavy (non-hydrogen) atoms. The second-order valence-electron chi connectivity index (χ2n) is 4.87. The van der Waals surface area contributed by atoms with E-state index in [9.17, 15) is 27.1 Å². The van der Waals surface area contributed by atoms with Gasteiger partial charge >= 0.3 is 12.1 Å². The first kappa shape index (κ1) is 13.9. The zero-order valence-electron chi connectivity index (χ0n) is 10.5. The first-order valence-corrected chi connectivity index (χ1v) is 6.09. The lowest BCUT2D eigenvalue weighted by molar-refractivity contribution is -0.289. The third-order valence-electron chi connectivity index (χ3n) is 3.63. The van der Waals surface area contributed by atoms with E-state index in [2.05, 4.69) is 0 Å². The van der Waals surface area contributed by atoms with Gasteiger partial charge in [-0.3, -0.25) is 5.11 Å². The Balaban J connectivity index is 2.17. The first-order chi connectivity index (χ1) is 9.73. The number of benzene rings is 2. The minimum atomic E-state index is -5.79. The molecule has 1 aliphatic rings. The van der Waals surface area contributed by atoms with Crippen molar-refractivity contribution in [2.24, 2.45) is 0 Å². The molecule has 0 unspecified atom stereocenters. The van der Waals surface area contributed by atoms with Gasteiger partial charge in [0.25, 0.3) is 0 Å². The van der Waals surface area contributed by atoms with E-state index in [0.717, 1.165) is 11.6 Å². The number of alkyl halides is 5. The molecular formula is C15H8F5O. The van der Waals surface area contributed by atoms with Crippen molar-refractivity contribution in [2.45, 2.75) is 18.5 Å². The summed E-state index contributed by atoms with van der Waals surface area (Å²) in [4.78, 5) is 0. The maximum atomic E-state index is 13.4. The van der Waals surface area contributed by atoms with Crippen molar-refractivity contribution in [3.05, 3.63) is 53.1 Å². The van der Waals surface area contributed by atoms with E-state index in [0.29, 0.717) is 17.2 Å². The molecule has 6 heteroatoms. The minimum Gasteiger partial charge on any atom is -0.289 e. The predicted molar refractivity (Wildman–Crippen MR) is 64.8 cm³/mol. The smallest absolute Gasteiger partial charge is 0.289 e. The average molecular weight is 299 g/mol. The normalized spacial score (nSPS) is 14.0. The number of halogens is 5. The molecule has 2 aromatic rings. The molecule has 0 bridgehead atoms. The van der Waals surface area contributed by atoms with Crippen LogP contribution in [0.3, 0.4) is 0 Å². The molecule has 0 saturated heterocycles. The van der Waals surface area contributed by atoms with Crippen molar-refractivity contribution in [1.82, 2.24) is 0 Å². The summed E-state index contributed by atoms with van der Waals surface area (Å²) in [6.45, 7) is 0. The summed E-state index contributed by atoms with van der Waals surface area (Å²) in [7, 11) is 0. The van der Waals surface area contributed by atoms with Crippen LogP contribution < -0.4 is 0 Å². The van der Waals surface area contributed by atoms with Gasteiger partial charge in [-0.25, -0.2) is 0 Å². The van der Waals surface area contributed by atoms with Crippen molar-refractivity contribution in [3.63, 3.8) is 0 Å². The molecule has 1 nitrogen and oxygen atoms in total. The van der Waals surface area contributed by atoms with E-state index in [1.807, 2.05) is 0 Å². The third kappa shape index (κ3) is 1.89. The summed E-state index contributed by atoms with van der Waals surface area (Å²) in [6, 6.07) is 8.61. The van der Waals surface area contributed by atoms with Crippen molar-refractivity contribution >= 4 is 0 Å². The van der Waals surface area contributed by atoms with Crippen LogP contribution in [0.4, 0.5) is 22.0 Å². The van der Waals surface area contributed by atoms with E-state index in [-0.39, 0.29) is 12.0 Å². The fourth-order valence-corrected chi connectivity index (χ4v) is 2.58. The van der Waals surface area contributed by atoms with Gasteiger partial charge in [0.2, 0.25) is 0 Å². The van der Waals surface area contributed by atoms with Gasteiger partial charge in [0, 0.05) is 12.0 Å². The van der Waals surface area contributed by atoms with Crippen LogP contribution in [0.2, 0.25) is 0 Å². The maximum Gasteiger partial charge on any atom is 0.458 e. The van der Waals surface area contributed by atoms with Gasteiger partial charge in [-0.15, -0.1) is 0 Å². The summed E-state index contributed by atoms with van der Waals surface area (Å²) in [6.07, 6.45) is -5.71. The molecule has 3 rings (SSSR count). The molecule has 0 aromatic heterocycles. The zero-order chi connectivity index (χ0) is 15.4. The lowest BCUT2D eigenvalue weighted by Gasteiger charge is -2.21. The van der Waals surface area contributed by atoms with Crippen molar-refractivity contribution < 1.29 is 27.1 Å². The van der Waals surface area contributed by atoms with Crippen molar-refractivity contribution in [3.8, 4) is 16.9 Å². The molecule has 0 fully saturated rings. The molecule has 0 aliphatic heterocycles. The number of rotatable bonds is 1. The zero-order valence-corrected chi connectivity index (χ0v) is 10.5. The minimum absolute atomic E-state index is 0.00220. The fraction of sp³-hybridized carbons (Fsp3) is 0.200. The van der Waals surface area contributed by atoms with Crippen LogP contribution in [0.1, 0.15) is 16.7 Å². The Morgan fingerprint density at radius 1 is 0.857 bits per heavy atom. The van der Waals surface area contributed by atoms with E-state index in [1.54, 1.807) is 24.3 Å². The number of fused-ring (bicyclic) bond motifs is 3. The molecule has 109 valence electrons. The Bertz CT molecular complexity index is 718. The number of hydrogen-bond acceptors (Lipinski definition) is 0. The van der Waals surface area contributed by atoms with Gasteiger partial charge < -0.3 is 0 Å². The number of hydrogen-bond donors (Lipinski definition) is 0. The van der Waals surface area contributed by atoms with Crippen LogP contribution in [0.5, 0.6) is 5.75 Å². The summed E-state index contributed by atoms with van der Waals surface area (Å²) in [5.41, 5.74) is 0.361. The topological polar surface area (TPSA) is 19.9 Å². The van der Waals surface area contributed by atoms with Crippen LogP contribution in [-0.2, 0) is 17.4 Å². The van der Waals surface area contributed by atoms with Gasteiger partial charge in [0.15, 0.2) is 5.75 Å². The Morgan fingerprint density at radius 3 is 2.19 bits per heavy atom. The highest BCUT2D eigenvalue weighted by Crippen LogP contribution is 2.51. The highest BCUT2D eigenvalue weighted by Gasteiger charge is 2.60. The average Bonchev–Trinajstić information content (AvgIpc) is 2.77.